The fourth-order valence-electron chi connectivity index (χ4n) is 4.40. The molecule has 4 rings (SSSR count). The molecule has 36 heavy (non-hydrogen) atoms. The molecule has 1 aromatic carbocycles. The number of thiazole rings is 1. The molecule has 2 heterocycles. The van der Waals surface area contributed by atoms with Gasteiger partial charge >= 0.3 is 0 Å². The van der Waals surface area contributed by atoms with Crippen LogP contribution in [0.2, 0.25) is 0 Å². The first kappa shape index (κ1) is 26.0. The van der Waals surface area contributed by atoms with Crippen LogP contribution in [-0.2, 0) is 19.6 Å². The van der Waals surface area contributed by atoms with Crippen molar-refractivity contribution in [2.24, 2.45) is 11.7 Å². The second-order valence-corrected chi connectivity index (χ2v) is 11.6. The summed E-state index contributed by atoms with van der Waals surface area (Å²) in [6.07, 6.45) is 5.04. The van der Waals surface area contributed by atoms with E-state index >= 15 is 0 Å². The zero-order chi connectivity index (χ0) is 25.7. The number of sulfonamides is 1. The van der Waals surface area contributed by atoms with E-state index in [2.05, 4.69) is 20.0 Å². The number of carbonyl (C=O) groups is 2. The second kappa shape index (κ2) is 11.3. The summed E-state index contributed by atoms with van der Waals surface area (Å²) in [4.78, 5) is 33.9. The summed E-state index contributed by atoms with van der Waals surface area (Å²) in [5, 5.41) is 3.39. The zero-order valence-electron chi connectivity index (χ0n) is 19.9. The minimum Gasteiger partial charge on any atom is -0.481 e. The lowest BCUT2D eigenvalue weighted by Crippen LogP contribution is -2.28. The topological polar surface area (TPSA) is 153 Å². The van der Waals surface area contributed by atoms with Crippen molar-refractivity contribution in [1.29, 1.82) is 0 Å². The summed E-state index contributed by atoms with van der Waals surface area (Å²) < 4.78 is 32.6. The molecule has 10 nitrogen and oxygen atoms in total. The highest BCUT2D eigenvalue weighted by molar-refractivity contribution is 7.89. The SMILES string of the molecule is COc1ccc2nc(NC(=O)C(CC3CCCC3)c3ccc(S(=O)(=O)NCCC(N)=O)cc3)sc2n1. The molecule has 2 amide bonds. The third kappa shape index (κ3) is 6.37. The van der Waals surface area contributed by atoms with Gasteiger partial charge in [0.25, 0.3) is 0 Å². The summed E-state index contributed by atoms with van der Waals surface area (Å²) in [6, 6.07) is 9.81. The first-order chi connectivity index (χ1) is 17.2. The summed E-state index contributed by atoms with van der Waals surface area (Å²) >= 11 is 1.27. The van der Waals surface area contributed by atoms with Crippen molar-refractivity contribution in [2.45, 2.75) is 49.3 Å². The van der Waals surface area contributed by atoms with Gasteiger partial charge in [0.1, 0.15) is 10.3 Å². The van der Waals surface area contributed by atoms with E-state index in [-0.39, 0.29) is 23.8 Å². The van der Waals surface area contributed by atoms with Crippen molar-refractivity contribution >= 4 is 48.7 Å². The van der Waals surface area contributed by atoms with E-state index in [1.807, 2.05) is 0 Å². The molecular weight excluding hydrogens is 502 g/mol. The Morgan fingerprint density at radius 3 is 2.53 bits per heavy atom. The number of primary amides is 1. The number of benzene rings is 1. The van der Waals surface area contributed by atoms with Gasteiger partial charge in [-0.05, 0) is 36.1 Å². The molecule has 4 N–H and O–H groups in total. The van der Waals surface area contributed by atoms with Crippen molar-refractivity contribution in [3.8, 4) is 5.88 Å². The number of carbonyl (C=O) groups excluding carboxylic acids is 2. The van der Waals surface area contributed by atoms with Gasteiger partial charge in [0.15, 0.2) is 5.13 Å². The van der Waals surface area contributed by atoms with Gasteiger partial charge in [-0.1, -0.05) is 49.2 Å². The van der Waals surface area contributed by atoms with E-state index in [9.17, 15) is 18.0 Å². The first-order valence-corrected chi connectivity index (χ1v) is 14.1. The van der Waals surface area contributed by atoms with Gasteiger partial charge in [-0.15, -0.1) is 0 Å². The molecule has 0 bridgehead atoms. The van der Waals surface area contributed by atoms with Crippen molar-refractivity contribution < 1.29 is 22.7 Å². The van der Waals surface area contributed by atoms with E-state index < -0.39 is 21.8 Å². The van der Waals surface area contributed by atoms with Gasteiger partial charge in [0, 0.05) is 19.0 Å². The Hall–Kier alpha value is -3.09. The number of ether oxygens (including phenoxy) is 1. The third-order valence-corrected chi connectivity index (χ3v) is 8.64. The number of methoxy groups -OCH3 is 1. The number of amides is 2. The predicted molar refractivity (Wildman–Crippen MR) is 137 cm³/mol. The Kier molecular flexibility index (Phi) is 8.17. The van der Waals surface area contributed by atoms with Crippen LogP contribution in [0.4, 0.5) is 5.13 Å². The number of aromatic nitrogens is 2. The highest BCUT2D eigenvalue weighted by Crippen LogP contribution is 2.36. The maximum atomic E-state index is 13.4. The maximum Gasteiger partial charge on any atom is 0.240 e. The molecule has 0 aliphatic heterocycles. The van der Waals surface area contributed by atoms with Gasteiger partial charge < -0.3 is 15.8 Å². The van der Waals surface area contributed by atoms with Crippen molar-refractivity contribution in [1.82, 2.24) is 14.7 Å². The van der Waals surface area contributed by atoms with Crippen molar-refractivity contribution in [3.05, 3.63) is 42.0 Å². The number of fused-ring (bicyclic) bond motifs is 1. The third-order valence-electron chi connectivity index (χ3n) is 6.29. The number of nitrogens with two attached hydrogens (primary N) is 1. The smallest absolute Gasteiger partial charge is 0.240 e. The molecule has 1 fully saturated rings. The lowest BCUT2D eigenvalue weighted by molar-refractivity contribution is -0.118. The van der Waals surface area contributed by atoms with Crippen LogP contribution in [-0.4, -0.2) is 43.9 Å². The normalized spacial score (nSPS) is 15.1. The molecule has 3 aromatic rings. The molecule has 0 saturated heterocycles. The number of rotatable bonds is 11. The summed E-state index contributed by atoms with van der Waals surface area (Å²) in [5.74, 6) is -0.328. The second-order valence-electron chi connectivity index (χ2n) is 8.81. The predicted octanol–water partition coefficient (Wildman–Crippen LogP) is 3.16. The highest BCUT2D eigenvalue weighted by Gasteiger charge is 2.28. The molecule has 1 saturated carbocycles. The van der Waals surface area contributed by atoms with Gasteiger partial charge in [-0.2, -0.15) is 0 Å². The van der Waals surface area contributed by atoms with E-state index in [4.69, 9.17) is 10.5 Å². The van der Waals surface area contributed by atoms with Crippen molar-refractivity contribution in [3.63, 3.8) is 0 Å². The monoisotopic (exact) mass is 531 g/mol. The van der Waals surface area contributed by atoms with Crippen LogP contribution in [0.1, 0.15) is 50.0 Å². The van der Waals surface area contributed by atoms with Gasteiger partial charge in [-0.3, -0.25) is 9.59 Å². The number of hydrogen-bond acceptors (Lipinski definition) is 8. The number of pyridine rings is 1. The molecule has 192 valence electrons. The van der Waals surface area contributed by atoms with Crippen LogP contribution in [0.5, 0.6) is 5.88 Å². The number of anilines is 1. The van der Waals surface area contributed by atoms with Gasteiger partial charge in [-0.25, -0.2) is 23.1 Å². The minimum absolute atomic E-state index is 0.0574. The molecule has 1 atom stereocenters. The van der Waals surface area contributed by atoms with Gasteiger partial charge in [0.2, 0.25) is 27.7 Å². The Bertz CT molecular complexity index is 1330. The van der Waals surface area contributed by atoms with E-state index in [0.717, 1.165) is 31.2 Å². The standard InChI is InChI=1S/C24H29N5O5S2/c1-34-21-11-10-19-23(28-21)35-24(27-19)29-22(31)18(14-15-4-2-3-5-15)16-6-8-17(9-7-16)36(32,33)26-13-12-20(25)30/h6-11,15,18,26H,2-5,12-14H2,1H3,(H2,25,30)(H,27,29,31). The number of nitrogens with one attached hydrogen (secondary N) is 2. The lowest BCUT2D eigenvalue weighted by Gasteiger charge is -2.20. The molecule has 0 radical (unpaired) electrons. The molecular formula is C24H29N5O5S2. The molecule has 0 spiro atoms. The largest absolute Gasteiger partial charge is 0.481 e. The van der Waals surface area contributed by atoms with Crippen molar-refractivity contribution in [2.75, 3.05) is 19.0 Å². The Balaban J connectivity index is 1.53. The number of nitrogens with zero attached hydrogens (tertiary/aromatic N) is 2. The van der Waals surface area contributed by atoms with Crippen LogP contribution < -0.4 is 20.5 Å². The van der Waals surface area contributed by atoms with Gasteiger partial charge in [0.05, 0.1) is 17.9 Å². The summed E-state index contributed by atoms with van der Waals surface area (Å²) in [6.45, 7) is -0.0744. The number of hydrogen-bond donors (Lipinski definition) is 3. The molecule has 1 aliphatic carbocycles. The lowest BCUT2D eigenvalue weighted by atomic mass is 9.87. The van der Waals surface area contributed by atoms with Crippen LogP contribution in [0.15, 0.2) is 41.3 Å². The van der Waals surface area contributed by atoms with E-state index in [1.54, 1.807) is 31.4 Å². The quantitative estimate of drug-likeness (QED) is 0.343. The Labute approximate surface area is 213 Å². The maximum absolute atomic E-state index is 13.4. The minimum atomic E-state index is -3.79. The summed E-state index contributed by atoms with van der Waals surface area (Å²) in [7, 11) is -2.25. The highest BCUT2D eigenvalue weighted by atomic mass is 32.2. The van der Waals surface area contributed by atoms with Crippen LogP contribution in [0, 0.1) is 5.92 Å². The van der Waals surface area contributed by atoms with E-state index in [0.29, 0.717) is 33.7 Å². The fraction of sp³-hybridized carbons (Fsp3) is 0.417. The van der Waals surface area contributed by atoms with Crippen LogP contribution >= 0.6 is 11.3 Å². The fourth-order valence-corrected chi connectivity index (χ4v) is 6.27. The van der Waals surface area contributed by atoms with Crippen LogP contribution in [0.25, 0.3) is 10.3 Å². The van der Waals surface area contributed by atoms with Crippen LogP contribution in [0.3, 0.4) is 0 Å². The zero-order valence-corrected chi connectivity index (χ0v) is 21.5. The Morgan fingerprint density at radius 2 is 1.86 bits per heavy atom. The molecule has 1 aliphatic rings. The van der Waals surface area contributed by atoms with E-state index in [1.165, 1.54) is 23.5 Å². The Morgan fingerprint density at radius 1 is 1.14 bits per heavy atom. The molecule has 2 aromatic heterocycles. The average Bonchev–Trinajstić information content (AvgIpc) is 3.51. The first-order valence-electron chi connectivity index (χ1n) is 11.8. The molecule has 12 heteroatoms. The summed E-state index contributed by atoms with van der Waals surface area (Å²) in [5.41, 5.74) is 6.48. The average molecular weight is 532 g/mol. The molecule has 1 unspecified atom stereocenters.